The maximum Gasteiger partial charge on any atom is 0.303 e. The molecule has 1 aliphatic rings. The first-order valence-electron chi connectivity index (χ1n) is 7.83. The number of hydrazine groups is 1. The molecule has 1 aliphatic heterocycles. The average molecular weight is 329 g/mol. The van der Waals surface area contributed by atoms with Gasteiger partial charge in [0.2, 0.25) is 5.91 Å². The molecule has 1 aromatic carbocycles. The van der Waals surface area contributed by atoms with Gasteiger partial charge in [-0.25, -0.2) is 4.98 Å². The van der Waals surface area contributed by atoms with Crippen molar-refractivity contribution in [1.29, 1.82) is 0 Å². The second-order valence-corrected chi connectivity index (χ2v) is 5.71. The number of pyridine rings is 1. The quantitative estimate of drug-likeness (QED) is 0.841. The summed E-state index contributed by atoms with van der Waals surface area (Å²) < 4.78 is 5.23. The summed E-state index contributed by atoms with van der Waals surface area (Å²) in [6.45, 7) is 0.653. The van der Waals surface area contributed by atoms with Crippen LogP contribution in [-0.2, 0) is 16.0 Å². The number of anilines is 1. The maximum absolute atomic E-state index is 12.0. The van der Waals surface area contributed by atoms with Crippen LogP contribution >= 0.6 is 0 Å². The first-order chi connectivity index (χ1) is 11.6. The van der Waals surface area contributed by atoms with Gasteiger partial charge in [0.25, 0.3) is 0 Å². The maximum atomic E-state index is 12.0. The van der Waals surface area contributed by atoms with Gasteiger partial charge in [-0.05, 0) is 36.6 Å². The fourth-order valence-electron chi connectivity index (χ4n) is 2.78. The Morgan fingerprint density at radius 2 is 2.17 bits per heavy atom. The molecular formula is C17H19N3O4. The highest BCUT2D eigenvalue weighted by molar-refractivity contribution is 5.85. The van der Waals surface area contributed by atoms with Gasteiger partial charge in [-0.1, -0.05) is 0 Å². The standard InChI is InChI=1S/C17H19N3O4/c1-24-13-6-5-11-9-12-7-8-20(17(12)18-14(11)10-13)19-15(21)3-2-4-16(22)23/h5-6,9-10H,2-4,7-8H2,1H3,(H,19,21)(H,22,23). The first kappa shape index (κ1) is 16.0. The summed E-state index contributed by atoms with van der Waals surface area (Å²) in [5.41, 5.74) is 4.70. The predicted molar refractivity (Wildman–Crippen MR) is 89.0 cm³/mol. The Kier molecular flexibility index (Phi) is 4.50. The fourth-order valence-corrected chi connectivity index (χ4v) is 2.78. The number of ether oxygens (including phenoxy) is 1. The minimum atomic E-state index is -0.892. The third-order valence-electron chi connectivity index (χ3n) is 4.00. The molecule has 0 saturated carbocycles. The predicted octanol–water partition coefficient (Wildman–Crippen LogP) is 1.89. The van der Waals surface area contributed by atoms with E-state index in [0.29, 0.717) is 13.0 Å². The molecule has 2 aromatic rings. The molecule has 3 rings (SSSR count). The van der Waals surface area contributed by atoms with Gasteiger partial charge in [0.15, 0.2) is 5.82 Å². The number of carbonyl (C=O) groups excluding carboxylic acids is 1. The minimum absolute atomic E-state index is 0.00725. The first-order valence-corrected chi connectivity index (χ1v) is 7.83. The van der Waals surface area contributed by atoms with Crippen LogP contribution in [0.15, 0.2) is 24.3 Å². The van der Waals surface area contributed by atoms with Crippen molar-refractivity contribution in [2.24, 2.45) is 0 Å². The zero-order valence-electron chi connectivity index (χ0n) is 13.4. The van der Waals surface area contributed by atoms with Crippen LogP contribution in [0.1, 0.15) is 24.8 Å². The molecule has 0 aliphatic carbocycles. The van der Waals surface area contributed by atoms with Crippen molar-refractivity contribution in [3.8, 4) is 5.75 Å². The normalized spacial score (nSPS) is 13.0. The monoisotopic (exact) mass is 329 g/mol. The molecule has 0 radical (unpaired) electrons. The van der Waals surface area contributed by atoms with E-state index in [9.17, 15) is 9.59 Å². The van der Waals surface area contributed by atoms with Crippen molar-refractivity contribution >= 4 is 28.6 Å². The topological polar surface area (TPSA) is 91.8 Å². The second kappa shape index (κ2) is 6.74. The van der Waals surface area contributed by atoms with Crippen LogP contribution in [0.4, 0.5) is 5.82 Å². The van der Waals surface area contributed by atoms with Crippen LogP contribution in [0.3, 0.4) is 0 Å². The van der Waals surface area contributed by atoms with Crippen molar-refractivity contribution in [2.45, 2.75) is 25.7 Å². The summed E-state index contributed by atoms with van der Waals surface area (Å²) in [4.78, 5) is 27.1. The number of carboxylic acids is 1. The summed E-state index contributed by atoms with van der Waals surface area (Å²) >= 11 is 0. The van der Waals surface area contributed by atoms with Crippen molar-refractivity contribution in [2.75, 3.05) is 18.7 Å². The van der Waals surface area contributed by atoms with E-state index in [2.05, 4.69) is 16.5 Å². The average Bonchev–Trinajstić information content (AvgIpc) is 2.93. The molecule has 7 heteroatoms. The number of hydrogen-bond acceptors (Lipinski definition) is 5. The van der Waals surface area contributed by atoms with E-state index in [0.717, 1.165) is 34.5 Å². The van der Waals surface area contributed by atoms with Gasteiger partial charge in [-0.3, -0.25) is 20.0 Å². The van der Waals surface area contributed by atoms with E-state index >= 15 is 0 Å². The Morgan fingerprint density at radius 3 is 2.92 bits per heavy atom. The number of fused-ring (bicyclic) bond motifs is 2. The van der Waals surface area contributed by atoms with Gasteiger partial charge in [-0.2, -0.15) is 0 Å². The molecule has 0 saturated heterocycles. The summed E-state index contributed by atoms with van der Waals surface area (Å²) in [7, 11) is 1.61. The third kappa shape index (κ3) is 3.40. The molecule has 2 heterocycles. The largest absolute Gasteiger partial charge is 0.497 e. The van der Waals surface area contributed by atoms with Crippen molar-refractivity contribution in [3.63, 3.8) is 0 Å². The molecule has 0 atom stereocenters. The smallest absolute Gasteiger partial charge is 0.303 e. The molecule has 0 unspecified atom stereocenters. The van der Waals surface area contributed by atoms with Gasteiger partial charge in [0, 0.05) is 30.8 Å². The minimum Gasteiger partial charge on any atom is -0.497 e. The molecule has 0 bridgehead atoms. The summed E-state index contributed by atoms with van der Waals surface area (Å²) in [5, 5.41) is 11.4. The Hall–Kier alpha value is -2.83. The van der Waals surface area contributed by atoms with Crippen molar-refractivity contribution in [1.82, 2.24) is 10.4 Å². The molecule has 24 heavy (non-hydrogen) atoms. The Morgan fingerprint density at radius 1 is 1.33 bits per heavy atom. The van der Waals surface area contributed by atoms with Crippen LogP contribution in [0, 0.1) is 0 Å². The van der Waals surface area contributed by atoms with Crippen molar-refractivity contribution in [3.05, 3.63) is 29.8 Å². The number of nitrogens with zero attached hydrogens (tertiary/aromatic N) is 2. The third-order valence-corrected chi connectivity index (χ3v) is 4.00. The fraction of sp³-hybridized carbons (Fsp3) is 0.353. The lowest BCUT2D eigenvalue weighted by Crippen LogP contribution is -2.41. The summed E-state index contributed by atoms with van der Waals surface area (Å²) in [6.07, 6.45) is 1.30. The van der Waals surface area contributed by atoms with Crippen molar-refractivity contribution < 1.29 is 19.4 Å². The molecule has 0 spiro atoms. The molecule has 2 N–H and O–H groups in total. The van der Waals surface area contributed by atoms with E-state index in [-0.39, 0.29) is 18.7 Å². The molecule has 126 valence electrons. The van der Waals surface area contributed by atoms with Crippen LogP contribution in [0.2, 0.25) is 0 Å². The molecule has 1 aromatic heterocycles. The zero-order valence-corrected chi connectivity index (χ0v) is 13.4. The summed E-state index contributed by atoms with van der Waals surface area (Å²) in [6, 6.07) is 7.80. The van der Waals surface area contributed by atoms with Crippen LogP contribution < -0.4 is 15.2 Å². The summed E-state index contributed by atoms with van der Waals surface area (Å²) in [5.74, 6) is 0.382. The Labute approximate surface area is 139 Å². The van der Waals surface area contributed by atoms with Crippen LogP contribution in [0.5, 0.6) is 5.75 Å². The number of rotatable bonds is 6. The zero-order chi connectivity index (χ0) is 17.1. The number of amides is 1. The van der Waals surface area contributed by atoms with Crippen LogP contribution in [0.25, 0.3) is 10.9 Å². The second-order valence-electron chi connectivity index (χ2n) is 5.71. The SMILES string of the molecule is COc1ccc2cc3c(nc2c1)N(NC(=O)CCCC(=O)O)CC3. The van der Waals surface area contributed by atoms with E-state index in [1.807, 2.05) is 18.2 Å². The van der Waals surface area contributed by atoms with Gasteiger partial charge in [-0.15, -0.1) is 0 Å². The molecule has 1 amide bonds. The number of aromatic nitrogens is 1. The van der Waals surface area contributed by atoms with Crippen LogP contribution in [-0.4, -0.2) is 35.6 Å². The van der Waals surface area contributed by atoms with E-state index < -0.39 is 5.97 Å². The van der Waals surface area contributed by atoms with Gasteiger partial charge < -0.3 is 9.84 Å². The number of carboxylic acid groups (broad SMARTS) is 1. The Balaban J connectivity index is 1.74. The number of methoxy groups -OCH3 is 1. The Bertz CT molecular complexity index is 791. The van der Waals surface area contributed by atoms with E-state index in [4.69, 9.17) is 9.84 Å². The molecular weight excluding hydrogens is 310 g/mol. The lowest BCUT2D eigenvalue weighted by Gasteiger charge is -2.19. The highest BCUT2D eigenvalue weighted by atomic mass is 16.5. The number of hydrogen-bond donors (Lipinski definition) is 2. The number of benzene rings is 1. The number of aliphatic carboxylic acids is 1. The van der Waals surface area contributed by atoms with E-state index in [1.54, 1.807) is 12.1 Å². The van der Waals surface area contributed by atoms with Gasteiger partial charge >= 0.3 is 5.97 Å². The number of nitrogens with one attached hydrogen (secondary N) is 1. The highest BCUT2D eigenvalue weighted by Gasteiger charge is 2.23. The highest BCUT2D eigenvalue weighted by Crippen LogP contribution is 2.29. The molecule has 7 nitrogen and oxygen atoms in total. The van der Waals surface area contributed by atoms with Gasteiger partial charge in [0.1, 0.15) is 5.75 Å². The number of carbonyl (C=O) groups is 2. The van der Waals surface area contributed by atoms with E-state index in [1.165, 1.54) is 0 Å². The molecule has 0 fully saturated rings. The van der Waals surface area contributed by atoms with Gasteiger partial charge in [0.05, 0.1) is 12.6 Å². The lowest BCUT2D eigenvalue weighted by atomic mass is 10.1. The lowest BCUT2D eigenvalue weighted by molar-refractivity contribution is -0.137.